The number of fused-ring (bicyclic) bond motifs is 3. The lowest BCUT2D eigenvalue weighted by Crippen LogP contribution is -2.37. The van der Waals surface area contributed by atoms with Gasteiger partial charge in [-0.1, -0.05) is 6.07 Å². The van der Waals surface area contributed by atoms with Gasteiger partial charge in [-0.05, 0) is 19.1 Å². The molecule has 1 aliphatic rings. The van der Waals surface area contributed by atoms with Crippen LogP contribution in [0.1, 0.15) is 27.4 Å². The molecule has 0 saturated heterocycles. The lowest BCUT2D eigenvalue weighted by molar-refractivity contribution is 0.0726. The van der Waals surface area contributed by atoms with Crippen LogP contribution < -0.4 is 0 Å². The fourth-order valence-electron chi connectivity index (χ4n) is 2.88. The van der Waals surface area contributed by atoms with Gasteiger partial charge in [0.1, 0.15) is 5.69 Å². The Morgan fingerprint density at radius 2 is 2.18 bits per heavy atom. The summed E-state index contributed by atoms with van der Waals surface area (Å²) in [6, 6.07) is 7.35. The number of rotatable bonds is 1. The third kappa shape index (κ3) is 2.04. The second-order valence-corrected chi connectivity index (χ2v) is 5.48. The molecule has 22 heavy (non-hydrogen) atoms. The standard InChI is InChI=1S/C16H15N5O/c1-11-8-15-18-9-12-10-20(7-5-14(12)21(15)19-11)16(22)13-4-2-3-6-17-13/h2-4,6,8-9H,5,7,10H2,1H3. The number of aromatic nitrogens is 4. The van der Waals surface area contributed by atoms with E-state index >= 15 is 0 Å². The first-order chi connectivity index (χ1) is 10.7. The molecular formula is C16H15N5O. The molecule has 3 aromatic heterocycles. The van der Waals surface area contributed by atoms with E-state index in [2.05, 4.69) is 15.1 Å². The second kappa shape index (κ2) is 4.91. The number of aryl methyl sites for hydroxylation is 1. The summed E-state index contributed by atoms with van der Waals surface area (Å²) in [5.74, 6) is -0.0389. The van der Waals surface area contributed by atoms with Crippen LogP contribution in [0.3, 0.4) is 0 Å². The number of amides is 1. The van der Waals surface area contributed by atoms with Crippen molar-refractivity contribution in [2.24, 2.45) is 0 Å². The van der Waals surface area contributed by atoms with Gasteiger partial charge in [-0.25, -0.2) is 9.50 Å². The van der Waals surface area contributed by atoms with Gasteiger partial charge < -0.3 is 4.90 Å². The van der Waals surface area contributed by atoms with Crippen molar-refractivity contribution in [2.45, 2.75) is 19.9 Å². The number of hydrogen-bond donors (Lipinski definition) is 0. The summed E-state index contributed by atoms with van der Waals surface area (Å²) in [5, 5.41) is 4.49. The number of hydrogen-bond acceptors (Lipinski definition) is 4. The summed E-state index contributed by atoms with van der Waals surface area (Å²) in [6.07, 6.45) is 4.26. The van der Waals surface area contributed by atoms with E-state index in [1.807, 2.05) is 40.7 Å². The highest BCUT2D eigenvalue weighted by Gasteiger charge is 2.24. The van der Waals surface area contributed by atoms with E-state index in [9.17, 15) is 4.79 Å². The third-order valence-electron chi connectivity index (χ3n) is 3.94. The fourth-order valence-corrected chi connectivity index (χ4v) is 2.88. The van der Waals surface area contributed by atoms with E-state index in [0.29, 0.717) is 18.8 Å². The predicted molar refractivity (Wildman–Crippen MR) is 80.4 cm³/mol. The normalized spacial score (nSPS) is 14.1. The molecule has 0 bridgehead atoms. The zero-order chi connectivity index (χ0) is 15.1. The predicted octanol–water partition coefficient (Wildman–Crippen LogP) is 1.63. The number of carbonyl (C=O) groups is 1. The molecule has 0 saturated carbocycles. The number of nitrogens with zero attached hydrogens (tertiary/aromatic N) is 5. The van der Waals surface area contributed by atoms with Gasteiger partial charge in [-0.15, -0.1) is 0 Å². The monoisotopic (exact) mass is 293 g/mol. The second-order valence-electron chi connectivity index (χ2n) is 5.48. The molecule has 0 spiro atoms. The maximum Gasteiger partial charge on any atom is 0.272 e. The van der Waals surface area contributed by atoms with Crippen molar-refractivity contribution >= 4 is 11.6 Å². The highest BCUT2D eigenvalue weighted by molar-refractivity contribution is 5.92. The molecule has 4 heterocycles. The van der Waals surface area contributed by atoms with Gasteiger partial charge in [0, 0.05) is 43.5 Å². The van der Waals surface area contributed by atoms with Crippen molar-refractivity contribution in [1.82, 2.24) is 24.5 Å². The molecule has 0 radical (unpaired) electrons. The lowest BCUT2D eigenvalue weighted by atomic mass is 10.1. The van der Waals surface area contributed by atoms with E-state index in [1.165, 1.54) is 0 Å². The van der Waals surface area contributed by atoms with Gasteiger partial charge in [0.2, 0.25) is 0 Å². The Morgan fingerprint density at radius 1 is 1.27 bits per heavy atom. The van der Waals surface area contributed by atoms with Crippen LogP contribution in [0.2, 0.25) is 0 Å². The molecule has 1 amide bonds. The minimum Gasteiger partial charge on any atom is -0.332 e. The van der Waals surface area contributed by atoms with Gasteiger partial charge >= 0.3 is 0 Å². The van der Waals surface area contributed by atoms with E-state index in [4.69, 9.17) is 0 Å². The highest BCUT2D eigenvalue weighted by Crippen LogP contribution is 2.20. The zero-order valence-corrected chi connectivity index (χ0v) is 12.2. The SMILES string of the molecule is Cc1cc2ncc3c(n2n1)CCN(C(=O)c1ccccn1)C3. The first kappa shape index (κ1) is 12.9. The highest BCUT2D eigenvalue weighted by atomic mass is 16.2. The van der Waals surface area contributed by atoms with Gasteiger partial charge in [0.15, 0.2) is 5.65 Å². The van der Waals surface area contributed by atoms with E-state index in [1.54, 1.807) is 12.3 Å². The average molecular weight is 293 g/mol. The van der Waals surface area contributed by atoms with Crippen molar-refractivity contribution in [3.8, 4) is 0 Å². The summed E-state index contributed by atoms with van der Waals surface area (Å²) in [4.78, 5) is 22.9. The van der Waals surface area contributed by atoms with Gasteiger partial charge in [0.25, 0.3) is 5.91 Å². The molecule has 0 fully saturated rings. The molecule has 6 heteroatoms. The van der Waals surface area contributed by atoms with E-state index < -0.39 is 0 Å². The zero-order valence-electron chi connectivity index (χ0n) is 12.2. The Labute approximate surface area is 127 Å². The van der Waals surface area contributed by atoms with Crippen LogP contribution in [0.25, 0.3) is 5.65 Å². The first-order valence-corrected chi connectivity index (χ1v) is 7.26. The first-order valence-electron chi connectivity index (χ1n) is 7.26. The summed E-state index contributed by atoms with van der Waals surface area (Å²) in [5.41, 5.74) is 4.48. The lowest BCUT2D eigenvalue weighted by Gasteiger charge is -2.28. The Kier molecular flexibility index (Phi) is 2.89. The Bertz CT molecular complexity index is 856. The van der Waals surface area contributed by atoms with Crippen molar-refractivity contribution in [3.05, 3.63) is 59.3 Å². The minimum atomic E-state index is -0.0389. The molecule has 0 N–H and O–H groups in total. The quantitative estimate of drug-likeness (QED) is 0.684. The van der Waals surface area contributed by atoms with Gasteiger partial charge in [0.05, 0.1) is 11.4 Å². The Morgan fingerprint density at radius 3 is 3.00 bits per heavy atom. The molecule has 6 nitrogen and oxygen atoms in total. The van der Waals surface area contributed by atoms with Crippen molar-refractivity contribution < 1.29 is 4.79 Å². The van der Waals surface area contributed by atoms with Gasteiger partial charge in [-0.2, -0.15) is 5.10 Å². The molecule has 0 aromatic carbocycles. The summed E-state index contributed by atoms with van der Waals surface area (Å²) in [7, 11) is 0. The molecule has 0 unspecified atom stereocenters. The third-order valence-corrected chi connectivity index (χ3v) is 3.94. The molecule has 0 aliphatic carbocycles. The van der Waals surface area contributed by atoms with Crippen LogP contribution in [0, 0.1) is 6.92 Å². The number of carbonyl (C=O) groups excluding carboxylic acids is 1. The molecule has 3 aromatic rings. The van der Waals surface area contributed by atoms with Crippen LogP contribution in [0.4, 0.5) is 0 Å². The van der Waals surface area contributed by atoms with Crippen LogP contribution in [0.15, 0.2) is 36.7 Å². The van der Waals surface area contributed by atoms with Crippen molar-refractivity contribution in [3.63, 3.8) is 0 Å². The van der Waals surface area contributed by atoms with E-state index in [0.717, 1.165) is 29.0 Å². The molecular weight excluding hydrogens is 278 g/mol. The summed E-state index contributed by atoms with van der Waals surface area (Å²) < 4.78 is 1.90. The Balaban J connectivity index is 1.67. The van der Waals surface area contributed by atoms with Crippen LogP contribution >= 0.6 is 0 Å². The van der Waals surface area contributed by atoms with Crippen molar-refractivity contribution in [2.75, 3.05) is 6.54 Å². The smallest absolute Gasteiger partial charge is 0.272 e. The number of pyridine rings is 1. The Hall–Kier alpha value is -2.76. The largest absolute Gasteiger partial charge is 0.332 e. The maximum atomic E-state index is 12.5. The summed E-state index contributed by atoms with van der Waals surface area (Å²) >= 11 is 0. The molecule has 4 rings (SSSR count). The topological polar surface area (TPSA) is 63.4 Å². The van der Waals surface area contributed by atoms with E-state index in [-0.39, 0.29) is 5.91 Å². The van der Waals surface area contributed by atoms with Crippen molar-refractivity contribution in [1.29, 1.82) is 0 Å². The van der Waals surface area contributed by atoms with Gasteiger partial charge in [-0.3, -0.25) is 9.78 Å². The molecule has 0 atom stereocenters. The summed E-state index contributed by atoms with van der Waals surface area (Å²) in [6.45, 7) is 3.17. The average Bonchev–Trinajstić information content (AvgIpc) is 2.95. The van der Waals surface area contributed by atoms with Crippen LogP contribution in [-0.2, 0) is 13.0 Å². The molecule has 1 aliphatic heterocycles. The molecule has 110 valence electrons. The fraction of sp³-hybridized carbons (Fsp3) is 0.250. The van der Waals surface area contributed by atoms with Crippen LogP contribution in [0.5, 0.6) is 0 Å². The maximum absolute atomic E-state index is 12.5. The minimum absolute atomic E-state index is 0.0389. The van der Waals surface area contributed by atoms with Crippen LogP contribution in [-0.4, -0.2) is 36.9 Å².